The molecule has 0 amide bonds. The number of halogens is 2. The van der Waals surface area contributed by atoms with Gasteiger partial charge in [0.05, 0.1) is 17.1 Å². The van der Waals surface area contributed by atoms with Crippen molar-refractivity contribution in [2.45, 2.75) is 38.3 Å². The van der Waals surface area contributed by atoms with E-state index in [0.717, 1.165) is 41.3 Å². The maximum atomic E-state index is 14.1. The van der Waals surface area contributed by atoms with Crippen molar-refractivity contribution >= 4 is 27.6 Å². The summed E-state index contributed by atoms with van der Waals surface area (Å²) in [7, 11) is 3.96. The van der Waals surface area contributed by atoms with Gasteiger partial charge in [0.1, 0.15) is 35.6 Å². The number of likely N-dealkylation sites (tertiary alicyclic amines) is 1. The van der Waals surface area contributed by atoms with Crippen molar-refractivity contribution in [3.05, 3.63) is 53.5 Å². The lowest BCUT2D eigenvalue weighted by Crippen LogP contribution is -2.21. The van der Waals surface area contributed by atoms with Gasteiger partial charge in [-0.25, -0.2) is 9.97 Å². The fourth-order valence-corrected chi connectivity index (χ4v) is 4.81. The number of alkyl halides is 2. The third-order valence-corrected chi connectivity index (χ3v) is 6.76. The van der Waals surface area contributed by atoms with Gasteiger partial charge in [-0.15, -0.1) is 0 Å². The zero-order valence-electron chi connectivity index (χ0n) is 20.8. The zero-order chi connectivity index (χ0) is 25.6. The van der Waals surface area contributed by atoms with Crippen LogP contribution >= 0.6 is 0 Å². The number of aliphatic hydroxyl groups excluding tert-OH is 1. The van der Waals surface area contributed by atoms with Gasteiger partial charge in [0.2, 0.25) is 0 Å². The molecule has 4 aromatic rings. The Kier molecular flexibility index (Phi) is 6.25. The highest BCUT2D eigenvalue weighted by atomic mass is 19.3. The maximum Gasteiger partial charge on any atom is 0.295 e. The molecular weight excluding hydrogens is 466 g/mol. The summed E-state index contributed by atoms with van der Waals surface area (Å²) in [6, 6.07) is 7.68. The number of nitrogens with one attached hydrogen (secondary N) is 1. The Morgan fingerprint density at radius 2 is 2.03 bits per heavy atom. The minimum absolute atomic E-state index is 0.0724. The topological polar surface area (TPSA) is 88.3 Å². The van der Waals surface area contributed by atoms with Gasteiger partial charge < -0.3 is 20.1 Å². The van der Waals surface area contributed by atoms with E-state index in [0.29, 0.717) is 23.0 Å². The SMILES string of the molecule is Cc1nc(N[C@H](C)c2cccc(C(F)(F)CO)c2)c2cc(O[C@H]3CCN(C)C3)c3c(cnn3C)c2n1. The molecule has 36 heavy (non-hydrogen) atoms. The lowest BCUT2D eigenvalue weighted by molar-refractivity contribution is -0.0556. The number of nitrogens with zero attached hydrogens (tertiary/aromatic N) is 5. The standard InChI is InChI=1S/C26H30F2N6O2/c1-15(17-6-5-7-18(10-17)26(27,28)14-35)30-25-20-11-22(36-19-8-9-33(3)13-19)24-21(12-29-34(24)4)23(20)31-16(2)32-25/h5-7,10-12,15,19,35H,8-9,13-14H2,1-4H3,(H,30,31,32)/t15-,19+/m1/s1. The number of aryl methyl sites for hydroxylation is 2. The monoisotopic (exact) mass is 496 g/mol. The highest BCUT2D eigenvalue weighted by Crippen LogP contribution is 2.37. The minimum atomic E-state index is -3.31. The first-order valence-corrected chi connectivity index (χ1v) is 12.0. The van der Waals surface area contributed by atoms with Crippen molar-refractivity contribution in [2.75, 3.05) is 32.1 Å². The molecule has 1 aliphatic rings. The Morgan fingerprint density at radius 1 is 1.22 bits per heavy atom. The molecule has 1 aliphatic heterocycles. The first-order valence-electron chi connectivity index (χ1n) is 12.0. The van der Waals surface area contributed by atoms with Crippen LogP contribution in [0.5, 0.6) is 5.75 Å². The predicted molar refractivity (Wildman–Crippen MR) is 135 cm³/mol. The van der Waals surface area contributed by atoms with Crippen LogP contribution < -0.4 is 10.1 Å². The van der Waals surface area contributed by atoms with Gasteiger partial charge in [-0.1, -0.05) is 18.2 Å². The number of anilines is 1. The van der Waals surface area contributed by atoms with Crippen molar-refractivity contribution < 1.29 is 18.6 Å². The predicted octanol–water partition coefficient (Wildman–Crippen LogP) is 4.17. The molecule has 1 fully saturated rings. The number of hydrogen-bond donors (Lipinski definition) is 2. The molecular formula is C26H30F2N6O2. The largest absolute Gasteiger partial charge is 0.487 e. The fraction of sp³-hybridized carbons (Fsp3) is 0.423. The number of aliphatic hydroxyl groups is 1. The van der Waals surface area contributed by atoms with Gasteiger partial charge in [-0.05, 0) is 45.0 Å². The molecule has 2 aromatic heterocycles. The summed E-state index contributed by atoms with van der Waals surface area (Å²) in [5.74, 6) is -1.43. The van der Waals surface area contributed by atoms with Crippen LogP contribution in [0.15, 0.2) is 36.5 Å². The van der Waals surface area contributed by atoms with Gasteiger partial charge in [0, 0.05) is 37.1 Å². The minimum Gasteiger partial charge on any atom is -0.487 e. The smallest absolute Gasteiger partial charge is 0.295 e. The summed E-state index contributed by atoms with van der Waals surface area (Å²) in [4.78, 5) is 11.6. The number of fused-ring (bicyclic) bond motifs is 3. The van der Waals surface area contributed by atoms with Gasteiger partial charge >= 0.3 is 0 Å². The lowest BCUT2D eigenvalue weighted by Gasteiger charge is -2.20. The van der Waals surface area contributed by atoms with Crippen LogP contribution in [-0.4, -0.2) is 62.6 Å². The van der Waals surface area contributed by atoms with Crippen LogP contribution in [0.1, 0.15) is 36.3 Å². The van der Waals surface area contributed by atoms with E-state index in [4.69, 9.17) is 14.8 Å². The van der Waals surface area contributed by atoms with E-state index in [-0.39, 0.29) is 17.7 Å². The van der Waals surface area contributed by atoms with E-state index in [1.807, 2.05) is 27.0 Å². The summed E-state index contributed by atoms with van der Waals surface area (Å²) in [5.41, 5.74) is 2.04. The first-order chi connectivity index (χ1) is 17.2. The first kappa shape index (κ1) is 24.3. The second-order valence-corrected chi connectivity index (χ2v) is 9.57. The lowest BCUT2D eigenvalue weighted by atomic mass is 10.0. The summed E-state index contributed by atoms with van der Waals surface area (Å²) < 4.78 is 36.4. The average Bonchev–Trinajstić information content (AvgIpc) is 3.45. The molecule has 1 saturated heterocycles. The molecule has 0 unspecified atom stereocenters. The van der Waals surface area contributed by atoms with Crippen molar-refractivity contribution in [1.29, 1.82) is 0 Å². The van der Waals surface area contributed by atoms with E-state index in [2.05, 4.69) is 27.3 Å². The summed E-state index contributed by atoms with van der Waals surface area (Å²) >= 11 is 0. The molecule has 190 valence electrons. The average molecular weight is 497 g/mol. The third kappa shape index (κ3) is 4.46. The number of benzene rings is 2. The number of aromatic nitrogens is 4. The zero-order valence-corrected chi connectivity index (χ0v) is 20.8. The molecule has 10 heteroatoms. The Balaban J connectivity index is 1.57. The highest BCUT2D eigenvalue weighted by Gasteiger charge is 2.31. The Morgan fingerprint density at radius 3 is 2.75 bits per heavy atom. The van der Waals surface area contributed by atoms with Crippen molar-refractivity contribution in [3.63, 3.8) is 0 Å². The van der Waals surface area contributed by atoms with E-state index >= 15 is 0 Å². The summed E-state index contributed by atoms with van der Waals surface area (Å²) in [6.45, 7) is 4.29. The highest BCUT2D eigenvalue weighted by molar-refractivity contribution is 6.10. The molecule has 2 atom stereocenters. The molecule has 5 rings (SSSR count). The molecule has 0 aliphatic carbocycles. The Hall–Kier alpha value is -3.37. The molecule has 2 N–H and O–H groups in total. The molecule has 8 nitrogen and oxygen atoms in total. The summed E-state index contributed by atoms with van der Waals surface area (Å²) in [6.07, 6.45) is 2.80. The van der Waals surface area contributed by atoms with E-state index in [9.17, 15) is 8.78 Å². The van der Waals surface area contributed by atoms with Crippen LogP contribution in [0.3, 0.4) is 0 Å². The quantitative estimate of drug-likeness (QED) is 0.397. The van der Waals surface area contributed by atoms with Crippen LogP contribution in [0.2, 0.25) is 0 Å². The van der Waals surface area contributed by atoms with E-state index in [1.165, 1.54) is 12.1 Å². The Labute approximate surface area is 207 Å². The van der Waals surface area contributed by atoms with Gasteiger partial charge in [0.25, 0.3) is 5.92 Å². The molecule has 0 spiro atoms. The maximum absolute atomic E-state index is 14.1. The normalized spacial score (nSPS) is 17.7. The van der Waals surface area contributed by atoms with E-state index in [1.54, 1.807) is 23.0 Å². The fourth-order valence-electron chi connectivity index (χ4n) is 4.81. The third-order valence-electron chi connectivity index (χ3n) is 6.76. The number of ether oxygens (including phenoxy) is 1. The van der Waals surface area contributed by atoms with Gasteiger partial charge in [0.15, 0.2) is 0 Å². The molecule has 0 radical (unpaired) electrons. The number of hydrogen-bond acceptors (Lipinski definition) is 7. The van der Waals surface area contributed by atoms with Crippen LogP contribution in [0, 0.1) is 6.92 Å². The molecule has 0 saturated carbocycles. The second-order valence-electron chi connectivity index (χ2n) is 9.57. The van der Waals surface area contributed by atoms with Crippen molar-refractivity contribution in [2.24, 2.45) is 7.05 Å². The molecule has 2 aromatic carbocycles. The summed E-state index contributed by atoms with van der Waals surface area (Å²) in [5, 5.41) is 18.6. The number of likely N-dealkylation sites (N-methyl/N-ethyl adjacent to an activating group) is 1. The van der Waals surface area contributed by atoms with Crippen molar-refractivity contribution in [3.8, 4) is 5.75 Å². The molecule has 0 bridgehead atoms. The van der Waals surface area contributed by atoms with Crippen LogP contribution in [0.25, 0.3) is 21.8 Å². The van der Waals surface area contributed by atoms with E-state index < -0.39 is 12.5 Å². The second kappa shape index (κ2) is 9.25. The molecule has 3 heterocycles. The number of rotatable bonds is 7. The van der Waals surface area contributed by atoms with Crippen molar-refractivity contribution in [1.82, 2.24) is 24.6 Å². The van der Waals surface area contributed by atoms with Crippen LogP contribution in [0.4, 0.5) is 14.6 Å². The van der Waals surface area contributed by atoms with Gasteiger partial charge in [-0.3, -0.25) is 4.68 Å². The van der Waals surface area contributed by atoms with Crippen LogP contribution in [-0.2, 0) is 13.0 Å². The van der Waals surface area contributed by atoms with Gasteiger partial charge in [-0.2, -0.15) is 13.9 Å². The Bertz CT molecular complexity index is 1420.